The second-order valence-corrected chi connectivity index (χ2v) is 5.24. The van der Waals surface area contributed by atoms with E-state index in [2.05, 4.69) is 5.32 Å². The van der Waals surface area contributed by atoms with E-state index in [4.69, 9.17) is 5.73 Å². The fourth-order valence-electron chi connectivity index (χ4n) is 2.55. The van der Waals surface area contributed by atoms with E-state index >= 15 is 0 Å². The van der Waals surface area contributed by atoms with Crippen LogP contribution in [-0.4, -0.2) is 22.9 Å². The average Bonchev–Trinajstić information content (AvgIpc) is 2.41. The van der Waals surface area contributed by atoms with Crippen molar-refractivity contribution in [1.29, 1.82) is 0 Å². The number of amides is 1. The molecule has 1 saturated carbocycles. The lowest BCUT2D eigenvalue weighted by Gasteiger charge is -2.26. The Hall–Kier alpha value is -1.95. The molecule has 3 N–H and O–H groups in total. The first-order valence-electron chi connectivity index (χ1n) is 6.83. The third kappa shape index (κ3) is 3.77. The van der Waals surface area contributed by atoms with Gasteiger partial charge in [0.05, 0.1) is 11.3 Å². The van der Waals surface area contributed by atoms with E-state index in [0.717, 1.165) is 25.7 Å². The number of nitro groups is 1. The minimum absolute atomic E-state index is 0.00619. The molecule has 1 aliphatic rings. The van der Waals surface area contributed by atoms with Crippen molar-refractivity contribution < 1.29 is 9.72 Å². The Morgan fingerprint density at radius 2 is 1.95 bits per heavy atom. The number of hydrogen-bond acceptors (Lipinski definition) is 4. The SMILES string of the molecule is NC1CCC(NC(=O)Cc2ccccc2[N+](=O)[O-])CC1. The van der Waals surface area contributed by atoms with Crippen LogP contribution in [0.3, 0.4) is 0 Å². The fourth-order valence-corrected chi connectivity index (χ4v) is 2.55. The van der Waals surface area contributed by atoms with E-state index in [9.17, 15) is 14.9 Å². The highest BCUT2D eigenvalue weighted by Crippen LogP contribution is 2.19. The number of nitrogens with two attached hydrogens (primary N) is 1. The Morgan fingerprint density at radius 3 is 2.60 bits per heavy atom. The predicted octanol–water partition coefficient (Wildman–Crippen LogP) is 1.52. The first kappa shape index (κ1) is 14.5. The van der Waals surface area contributed by atoms with Crippen molar-refractivity contribution in [2.75, 3.05) is 0 Å². The van der Waals surface area contributed by atoms with Crippen LogP contribution >= 0.6 is 0 Å². The fraction of sp³-hybridized carbons (Fsp3) is 0.500. The third-order valence-corrected chi connectivity index (χ3v) is 3.68. The number of para-hydroxylation sites is 1. The summed E-state index contributed by atoms with van der Waals surface area (Å²) in [5.41, 5.74) is 6.26. The number of benzene rings is 1. The average molecular weight is 277 g/mol. The normalized spacial score (nSPS) is 22.2. The summed E-state index contributed by atoms with van der Waals surface area (Å²) in [5, 5.41) is 13.8. The molecule has 0 spiro atoms. The van der Waals surface area contributed by atoms with Gasteiger partial charge in [0.15, 0.2) is 0 Å². The summed E-state index contributed by atoms with van der Waals surface area (Å²) < 4.78 is 0. The summed E-state index contributed by atoms with van der Waals surface area (Å²) in [6, 6.07) is 6.72. The van der Waals surface area contributed by atoms with Crippen LogP contribution in [0, 0.1) is 10.1 Å². The van der Waals surface area contributed by atoms with Gasteiger partial charge < -0.3 is 11.1 Å². The van der Waals surface area contributed by atoms with Crippen molar-refractivity contribution in [3.8, 4) is 0 Å². The molecule has 0 unspecified atom stereocenters. The molecule has 0 aromatic heterocycles. The van der Waals surface area contributed by atoms with Gasteiger partial charge >= 0.3 is 0 Å². The summed E-state index contributed by atoms with van der Waals surface area (Å²) in [5.74, 6) is -0.167. The molecule has 2 rings (SSSR count). The summed E-state index contributed by atoms with van der Waals surface area (Å²) in [7, 11) is 0. The molecule has 1 aromatic carbocycles. The van der Waals surface area contributed by atoms with Crippen molar-refractivity contribution in [2.24, 2.45) is 5.73 Å². The second kappa shape index (κ2) is 6.47. The van der Waals surface area contributed by atoms with Crippen molar-refractivity contribution in [3.05, 3.63) is 39.9 Å². The highest BCUT2D eigenvalue weighted by molar-refractivity contribution is 5.80. The third-order valence-electron chi connectivity index (χ3n) is 3.68. The molecule has 0 atom stereocenters. The molecular weight excluding hydrogens is 258 g/mol. The molecule has 0 radical (unpaired) electrons. The molecule has 0 saturated heterocycles. The molecule has 1 fully saturated rings. The Balaban J connectivity index is 1.93. The Labute approximate surface area is 117 Å². The van der Waals surface area contributed by atoms with Gasteiger partial charge in [-0.3, -0.25) is 14.9 Å². The van der Waals surface area contributed by atoms with Gasteiger partial charge in [0, 0.05) is 23.7 Å². The zero-order valence-corrected chi connectivity index (χ0v) is 11.2. The number of nitro benzene ring substituents is 1. The van der Waals surface area contributed by atoms with Gasteiger partial charge in [0.2, 0.25) is 5.91 Å². The quantitative estimate of drug-likeness (QED) is 0.644. The van der Waals surface area contributed by atoms with E-state index in [1.54, 1.807) is 18.2 Å². The summed E-state index contributed by atoms with van der Waals surface area (Å²) in [6.07, 6.45) is 3.63. The molecule has 6 heteroatoms. The maximum atomic E-state index is 12.0. The molecule has 0 heterocycles. The molecular formula is C14H19N3O3. The van der Waals surface area contributed by atoms with Gasteiger partial charge in [0.25, 0.3) is 5.69 Å². The number of carbonyl (C=O) groups excluding carboxylic acids is 1. The maximum absolute atomic E-state index is 12.0. The lowest BCUT2D eigenvalue weighted by molar-refractivity contribution is -0.385. The first-order chi connectivity index (χ1) is 9.56. The van der Waals surface area contributed by atoms with Crippen LogP contribution in [0.5, 0.6) is 0 Å². The lowest BCUT2D eigenvalue weighted by atomic mass is 9.91. The minimum Gasteiger partial charge on any atom is -0.353 e. The summed E-state index contributed by atoms with van der Waals surface area (Å²) >= 11 is 0. The Bertz CT molecular complexity index is 496. The summed E-state index contributed by atoms with van der Waals surface area (Å²) in [6.45, 7) is 0. The smallest absolute Gasteiger partial charge is 0.273 e. The van der Waals surface area contributed by atoms with Gasteiger partial charge in [-0.15, -0.1) is 0 Å². The van der Waals surface area contributed by atoms with Crippen LogP contribution in [0.15, 0.2) is 24.3 Å². The van der Waals surface area contributed by atoms with Gasteiger partial charge in [-0.1, -0.05) is 18.2 Å². The zero-order valence-electron chi connectivity index (χ0n) is 11.2. The lowest BCUT2D eigenvalue weighted by Crippen LogP contribution is -2.41. The van der Waals surface area contributed by atoms with Gasteiger partial charge in [-0.25, -0.2) is 0 Å². The second-order valence-electron chi connectivity index (χ2n) is 5.24. The van der Waals surface area contributed by atoms with Crippen LogP contribution in [0.2, 0.25) is 0 Å². The predicted molar refractivity (Wildman–Crippen MR) is 75.2 cm³/mol. The minimum atomic E-state index is -0.456. The highest BCUT2D eigenvalue weighted by atomic mass is 16.6. The number of rotatable bonds is 4. The highest BCUT2D eigenvalue weighted by Gasteiger charge is 2.21. The van der Waals surface area contributed by atoms with Gasteiger partial charge in [-0.05, 0) is 25.7 Å². The van der Waals surface area contributed by atoms with E-state index in [0.29, 0.717) is 5.56 Å². The van der Waals surface area contributed by atoms with Crippen molar-refractivity contribution in [3.63, 3.8) is 0 Å². The molecule has 0 aliphatic heterocycles. The van der Waals surface area contributed by atoms with Crippen LogP contribution in [0.1, 0.15) is 31.2 Å². The first-order valence-corrected chi connectivity index (χ1v) is 6.83. The van der Waals surface area contributed by atoms with E-state index in [1.807, 2.05) is 0 Å². The molecule has 0 bridgehead atoms. The summed E-state index contributed by atoms with van der Waals surface area (Å²) in [4.78, 5) is 22.4. The van der Waals surface area contributed by atoms with Crippen LogP contribution in [0.4, 0.5) is 5.69 Å². The molecule has 108 valence electrons. The van der Waals surface area contributed by atoms with Gasteiger partial charge in [0.1, 0.15) is 0 Å². The largest absolute Gasteiger partial charge is 0.353 e. The van der Waals surface area contributed by atoms with Crippen molar-refractivity contribution in [2.45, 2.75) is 44.2 Å². The molecule has 1 amide bonds. The van der Waals surface area contributed by atoms with Crippen LogP contribution < -0.4 is 11.1 Å². The molecule has 6 nitrogen and oxygen atoms in total. The van der Waals surface area contributed by atoms with Crippen molar-refractivity contribution >= 4 is 11.6 Å². The standard InChI is InChI=1S/C14H19N3O3/c15-11-5-7-12(8-6-11)16-14(18)9-10-3-1-2-4-13(10)17(19)20/h1-4,11-12H,5-9,15H2,(H,16,18). The number of nitrogens with zero attached hydrogens (tertiary/aromatic N) is 1. The monoisotopic (exact) mass is 277 g/mol. The van der Waals surface area contributed by atoms with E-state index in [-0.39, 0.29) is 30.1 Å². The number of hydrogen-bond donors (Lipinski definition) is 2. The number of nitrogens with one attached hydrogen (secondary N) is 1. The van der Waals surface area contributed by atoms with E-state index < -0.39 is 4.92 Å². The molecule has 1 aromatic rings. The number of carbonyl (C=O) groups is 1. The Morgan fingerprint density at radius 1 is 1.30 bits per heavy atom. The topological polar surface area (TPSA) is 98.3 Å². The van der Waals surface area contributed by atoms with Gasteiger partial charge in [-0.2, -0.15) is 0 Å². The van der Waals surface area contributed by atoms with Crippen LogP contribution in [0.25, 0.3) is 0 Å². The Kier molecular flexibility index (Phi) is 4.68. The van der Waals surface area contributed by atoms with E-state index in [1.165, 1.54) is 6.07 Å². The van der Waals surface area contributed by atoms with Crippen molar-refractivity contribution in [1.82, 2.24) is 5.32 Å². The maximum Gasteiger partial charge on any atom is 0.273 e. The van der Waals surface area contributed by atoms with Crippen LogP contribution in [-0.2, 0) is 11.2 Å². The zero-order chi connectivity index (χ0) is 14.5. The molecule has 1 aliphatic carbocycles. The molecule has 20 heavy (non-hydrogen) atoms.